The molecular weight excluding hydrogens is 340 g/mol. The Bertz CT molecular complexity index is 855. The van der Waals surface area contributed by atoms with Gasteiger partial charge in [0.1, 0.15) is 0 Å². The van der Waals surface area contributed by atoms with Crippen LogP contribution in [0.3, 0.4) is 0 Å². The minimum Gasteiger partial charge on any atom is -0.359 e. The van der Waals surface area contributed by atoms with Gasteiger partial charge in [0.15, 0.2) is 5.78 Å². The first-order chi connectivity index (χ1) is 13.1. The second-order valence-electron chi connectivity index (χ2n) is 8.28. The first-order valence-corrected chi connectivity index (χ1v) is 10.0. The van der Waals surface area contributed by atoms with Crippen LogP contribution in [0.5, 0.6) is 0 Å². The highest BCUT2D eigenvalue weighted by Crippen LogP contribution is 2.53. The number of imide groups is 1. The molecule has 0 spiro atoms. The number of hydrogen-bond donors (Lipinski definition) is 0. The number of fused-ring (bicyclic) bond motifs is 5. The predicted molar refractivity (Wildman–Crippen MR) is 100 cm³/mol. The normalized spacial score (nSPS) is 32.5. The van der Waals surface area contributed by atoms with Gasteiger partial charge in [0, 0.05) is 12.2 Å². The van der Waals surface area contributed by atoms with E-state index in [0.717, 1.165) is 36.8 Å². The van der Waals surface area contributed by atoms with Crippen LogP contribution in [0.2, 0.25) is 0 Å². The summed E-state index contributed by atoms with van der Waals surface area (Å²) in [5.74, 6) is -1.25. The fourth-order valence-electron chi connectivity index (χ4n) is 5.74. The van der Waals surface area contributed by atoms with Crippen molar-refractivity contribution in [1.29, 1.82) is 0 Å². The molecule has 1 aromatic rings. The molecule has 1 aliphatic carbocycles. The number of amides is 2. The van der Waals surface area contributed by atoms with E-state index in [1.807, 2.05) is 41.4 Å². The van der Waals surface area contributed by atoms with Crippen LogP contribution in [-0.2, 0) is 14.4 Å². The summed E-state index contributed by atoms with van der Waals surface area (Å²) in [4.78, 5) is 42.9. The first kappa shape index (κ1) is 16.7. The van der Waals surface area contributed by atoms with Crippen molar-refractivity contribution in [3.63, 3.8) is 0 Å². The van der Waals surface area contributed by atoms with Crippen LogP contribution in [0, 0.1) is 11.8 Å². The minimum atomic E-state index is -0.558. The topological polar surface area (TPSA) is 57.7 Å². The van der Waals surface area contributed by atoms with Gasteiger partial charge in [-0.05, 0) is 37.0 Å². The third-order valence-electron chi connectivity index (χ3n) is 6.85. The Labute approximate surface area is 159 Å². The molecule has 2 saturated heterocycles. The van der Waals surface area contributed by atoms with Crippen LogP contribution in [0.4, 0.5) is 0 Å². The van der Waals surface area contributed by atoms with Crippen molar-refractivity contribution in [3.05, 3.63) is 41.6 Å². The number of nitrogens with zero attached hydrogens (tertiary/aromatic N) is 2. The second-order valence-corrected chi connectivity index (χ2v) is 8.28. The summed E-state index contributed by atoms with van der Waals surface area (Å²) >= 11 is 0. The number of rotatable bonds is 2. The van der Waals surface area contributed by atoms with Crippen LogP contribution >= 0.6 is 0 Å². The molecule has 5 rings (SSSR count). The Morgan fingerprint density at radius 2 is 1.70 bits per heavy atom. The van der Waals surface area contributed by atoms with Gasteiger partial charge in [-0.25, -0.2) is 0 Å². The zero-order valence-electron chi connectivity index (χ0n) is 15.5. The van der Waals surface area contributed by atoms with Crippen molar-refractivity contribution in [2.75, 3.05) is 0 Å². The maximum absolute atomic E-state index is 13.5. The Balaban J connectivity index is 1.60. The van der Waals surface area contributed by atoms with E-state index in [4.69, 9.17) is 0 Å². The lowest BCUT2D eigenvalue weighted by Gasteiger charge is -2.36. The quantitative estimate of drug-likeness (QED) is 0.757. The summed E-state index contributed by atoms with van der Waals surface area (Å²) in [5.41, 5.74) is 2.11. The summed E-state index contributed by atoms with van der Waals surface area (Å²) < 4.78 is 0. The molecule has 0 bridgehead atoms. The monoisotopic (exact) mass is 364 g/mol. The molecule has 4 aliphatic rings. The molecule has 3 heterocycles. The van der Waals surface area contributed by atoms with Crippen molar-refractivity contribution in [3.8, 4) is 0 Å². The van der Waals surface area contributed by atoms with Crippen LogP contribution in [-0.4, -0.2) is 39.5 Å². The smallest absolute Gasteiger partial charge is 0.236 e. The molecule has 0 aromatic heterocycles. The Kier molecular flexibility index (Phi) is 3.74. The summed E-state index contributed by atoms with van der Waals surface area (Å²) in [7, 11) is 0. The van der Waals surface area contributed by atoms with E-state index in [1.165, 1.54) is 6.42 Å². The highest BCUT2D eigenvalue weighted by atomic mass is 16.2. The molecule has 0 unspecified atom stereocenters. The SMILES string of the molecule is CC(=O)[C@@H]1[C@@H]2C(=O)N(C3CCCCC3)C(=O)[C@@H]2[C@@H]2c3ccccc3C=CN12. The summed E-state index contributed by atoms with van der Waals surface area (Å²) in [6.45, 7) is 1.54. The molecule has 1 aromatic carbocycles. The van der Waals surface area contributed by atoms with E-state index in [0.29, 0.717) is 0 Å². The van der Waals surface area contributed by atoms with E-state index in [1.54, 1.807) is 11.8 Å². The third kappa shape index (κ3) is 2.27. The number of carbonyl (C=O) groups excluding carboxylic acids is 3. The molecule has 27 heavy (non-hydrogen) atoms. The molecule has 1 saturated carbocycles. The zero-order valence-corrected chi connectivity index (χ0v) is 15.5. The number of carbonyl (C=O) groups is 3. The average molecular weight is 364 g/mol. The lowest BCUT2D eigenvalue weighted by Crippen LogP contribution is -2.47. The lowest BCUT2D eigenvalue weighted by atomic mass is 9.84. The molecule has 140 valence electrons. The molecule has 0 radical (unpaired) electrons. The molecular formula is C22H24N2O3. The molecule has 0 N–H and O–H groups in total. The lowest BCUT2D eigenvalue weighted by molar-refractivity contribution is -0.146. The van der Waals surface area contributed by atoms with Crippen molar-refractivity contribution < 1.29 is 14.4 Å². The van der Waals surface area contributed by atoms with E-state index < -0.39 is 17.9 Å². The number of likely N-dealkylation sites (tertiary alicyclic amines) is 1. The van der Waals surface area contributed by atoms with Crippen LogP contribution in [0.25, 0.3) is 6.08 Å². The van der Waals surface area contributed by atoms with Crippen molar-refractivity contribution in [2.24, 2.45) is 11.8 Å². The minimum absolute atomic E-state index is 0.0137. The van der Waals surface area contributed by atoms with Crippen molar-refractivity contribution in [1.82, 2.24) is 9.80 Å². The molecule has 4 atom stereocenters. The fourth-order valence-corrected chi connectivity index (χ4v) is 5.74. The van der Waals surface area contributed by atoms with E-state index >= 15 is 0 Å². The maximum Gasteiger partial charge on any atom is 0.236 e. The number of hydrogen-bond acceptors (Lipinski definition) is 4. The summed E-state index contributed by atoms with van der Waals surface area (Å²) in [5, 5.41) is 0. The summed E-state index contributed by atoms with van der Waals surface area (Å²) in [6.07, 6.45) is 8.98. The maximum atomic E-state index is 13.5. The van der Waals surface area contributed by atoms with Crippen LogP contribution < -0.4 is 0 Å². The predicted octanol–water partition coefficient (Wildman–Crippen LogP) is 2.92. The number of benzene rings is 1. The molecule has 3 aliphatic heterocycles. The van der Waals surface area contributed by atoms with Gasteiger partial charge in [0.25, 0.3) is 0 Å². The van der Waals surface area contributed by atoms with Gasteiger partial charge in [-0.2, -0.15) is 0 Å². The molecule has 5 nitrogen and oxygen atoms in total. The van der Waals surface area contributed by atoms with Gasteiger partial charge in [-0.15, -0.1) is 0 Å². The third-order valence-corrected chi connectivity index (χ3v) is 6.85. The largest absolute Gasteiger partial charge is 0.359 e. The highest BCUT2D eigenvalue weighted by molar-refractivity contribution is 6.09. The Morgan fingerprint density at radius 1 is 1.00 bits per heavy atom. The van der Waals surface area contributed by atoms with Crippen molar-refractivity contribution >= 4 is 23.7 Å². The average Bonchev–Trinajstić information content (AvgIpc) is 3.16. The van der Waals surface area contributed by atoms with Gasteiger partial charge in [-0.1, -0.05) is 43.5 Å². The molecule has 5 heteroatoms. The highest BCUT2D eigenvalue weighted by Gasteiger charge is 2.64. The van der Waals surface area contributed by atoms with Crippen LogP contribution in [0.15, 0.2) is 30.5 Å². The van der Waals surface area contributed by atoms with Crippen molar-refractivity contribution in [2.45, 2.75) is 57.2 Å². The second kappa shape index (κ2) is 6.04. The van der Waals surface area contributed by atoms with Gasteiger partial charge in [0.2, 0.25) is 11.8 Å². The van der Waals surface area contributed by atoms with E-state index in [9.17, 15) is 14.4 Å². The van der Waals surface area contributed by atoms with Gasteiger partial charge in [0.05, 0.1) is 23.9 Å². The number of ketones is 1. The van der Waals surface area contributed by atoms with Gasteiger partial charge in [-0.3, -0.25) is 19.3 Å². The Hall–Kier alpha value is -2.43. The summed E-state index contributed by atoms with van der Waals surface area (Å²) in [6, 6.07) is 7.23. The fraction of sp³-hybridized carbons (Fsp3) is 0.500. The first-order valence-electron chi connectivity index (χ1n) is 10.0. The standard InChI is InChI=1S/C22H24N2O3/c1-13(25)19-17-18(20-16-10-6-5-7-14(16)11-12-23(19)20)22(27)24(21(17)26)15-8-3-2-4-9-15/h5-7,10-12,15,17-20H,2-4,8-9H2,1H3/t17-,18+,19-,20+/m1/s1. The molecule has 3 fully saturated rings. The van der Waals surface area contributed by atoms with Crippen LogP contribution in [0.1, 0.15) is 56.2 Å². The van der Waals surface area contributed by atoms with Gasteiger partial charge < -0.3 is 4.90 Å². The van der Waals surface area contributed by atoms with Gasteiger partial charge >= 0.3 is 0 Å². The zero-order chi connectivity index (χ0) is 18.7. The molecule has 2 amide bonds. The van der Waals surface area contributed by atoms with E-state index in [2.05, 4.69) is 0 Å². The van der Waals surface area contributed by atoms with E-state index in [-0.39, 0.29) is 29.7 Å². The Morgan fingerprint density at radius 3 is 2.44 bits per heavy atom. The number of Topliss-reactive ketones (excluding diaryl/α,β-unsaturated/α-hetero) is 1.